The molecule has 0 radical (unpaired) electrons. The van der Waals surface area contributed by atoms with Crippen LogP contribution in [0.25, 0.3) is 0 Å². The Morgan fingerprint density at radius 3 is 2.18 bits per heavy atom. The molecule has 1 aromatic rings. The first-order valence-electron chi connectivity index (χ1n) is 4.31. The summed E-state index contributed by atoms with van der Waals surface area (Å²) in [7, 11) is 9.53. The van der Waals surface area contributed by atoms with Crippen LogP contribution in [-0.4, -0.2) is 26.5 Å². The van der Waals surface area contributed by atoms with E-state index in [-0.39, 0.29) is 0 Å². The third kappa shape index (κ3) is 4.55. The van der Waals surface area contributed by atoms with Crippen molar-refractivity contribution in [2.45, 2.75) is 0 Å². The topological polar surface area (TPSA) is 46.6 Å². The van der Waals surface area contributed by atoms with Crippen molar-refractivity contribution in [2.24, 2.45) is 0 Å². The van der Waals surface area contributed by atoms with Gasteiger partial charge in [-0.05, 0) is 0 Å². The molecule has 0 atom stereocenters. The number of methoxy groups -OCH3 is 1. The summed E-state index contributed by atoms with van der Waals surface area (Å²) in [6.07, 6.45) is 1.10. The number of anilines is 1. The van der Waals surface area contributed by atoms with E-state index in [4.69, 9.17) is 24.1 Å². The van der Waals surface area contributed by atoms with Crippen LogP contribution in [0.1, 0.15) is 0 Å². The van der Waals surface area contributed by atoms with E-state index in [2.05, 4.69) is 0 Å². The summed E-state index contributed by atoms with van der Waals surface area (Å²) >= 11 is -2.22. The Morgan fingerprint density at radius 1 is 1.29 bits per heavy atom. The van der Waals surface area contributed by atoms with Crippen LogP contribution in [0.2, 0.25) is 0 Å². The van der Waals surface area contributed by atoms with E-state index in [1.54, 1.807) is 24.3 Å². The van der Waals surface area contributed by atoms with Gasteiger partial charge in [0.25, 0.3) is 0 Å². The molecular weight excluding hydrogens is 374 g/mol. The van der Waals surface area contributed by atoms with Crippen LogP contribution >= 0.6 is 19.4 Å². The molecule has 0 saturated heterocycles. The van der Waals surface area contributed by atoms with Gasteiger partial charge in [-0.3, -0.25) is 0 Å². The first-order valence-corrected chi connectivity index (χ1v) is 11.6. The predicted octanol–water partition coefficient (Wildman–Crippen LogP) is 2.15. The Balaban J connectivity index is 3.19. The quantitative estimate of drug-likeness (QED) is 0.747. The van der Waals surface area contributed by atoms with E-state index < -0.39 is 23.5 Å². The number of ether oxygens (including phenoxy) is 1. The number of benzene rings is 1. The number of halogens is 2. The van der Waals surface area contributed by atoms with Crippen molar-refractivity contribution in [3.63, 3.8) is 0 Å². The molecule has 4 nitrogen and oxygen atoms in total. The van der Waals surface area contributed by atoms with Crippen molar-refractivity contribution < 1.29 is 26.7 Å². The molecule has 17 heavy (non-hydrogen) atoms. The molecule has 1 aromatic carbocycles. The third-order valence-corrected chi connectivity index (χ3v) is 4.77. The molecule has 0 N–H and O–H groups in total. The van der Waals surface area contributed by atoms with E-state index >= 15 is 0 Å². The Bertz CT molecular complexity index is 512. The summed E-state index contributed by atoms with van der Waals surface area (Å²) in [5.41, 5.74) is 0.480. The van der Waals surface area contributed by atoms with Gasteiger partial charge in [0, 0.05) is 0 Å². The number of nitrogens with zero attached hydrogens (tertiary/aromatic N) is 1. The molecule has 0 heterocycles. The van der Waals surface area contributed by atoms with Crippen LogP contribution in [0.15, 0.2) is 24.3 Å². The minimum atomic E-state index is -3.43. The number of hydrogen-bond donors (Lipinski definition) is 0. The van der Waals surface area contributed by atoms with Crippen LogP contribution < -0.4 is 9.04 Å². The fourth-order valence-electron chi connectivity index (χ4n) is 1.10. The summed E-state index contributed by atoms with van der Waals surface area (Å²) in [4.78, 5) is 0. The van der Waals surface area contributed by atoms with E-state index in [9.17, 15) is 8.42 Å². The maximum absolute atomic E-state index is 11.6. The van der Waals surface area contributed by atoms with Crippen molar-refractivity contribution >= 4 is 39.8 Å². The summed E-state index contributed by atoms with van der Waals surface area (Å²) in [5.74, 6) is 0.646. The van der Waals surface area contributed by atoms with Gasteiger partial charge in [0.2, 0.25) is 0 Å². The van der Waals surface area contributed by atoms with Gasteiger partial charge in [0.15, 0.2) is 0 Å². The van der Waals surface area contributed by atoms with E-state index in [1.165, 1.54) is 11.8 Å². The Hall–Kier alpha value is -0.157. The second-order valence-corrected chi connectivity index (χ2v) is 10.6. The fraction of sp³-hybridized carbons (Fsp3) is 0.222. The Kier molecular flexibility index (Phi) is 5.38. The third-order valence-electron chi connectivity index (χ3n) is 1.84. The van der Waals surface area contributed by atoms with Gasteiger partial charge in [-0.15, -0.1) is 0 Å². The number of rotatable bonds is 4. The van der Waals surface area contributed by atoms with Crippen molar-refractivity contribution in [2.75, 3.05) is 17.7 Å². The molecule has 0 fully saturated rings. The molecule has 98 valence electrons. The first kappa shape index (κ1) is 14.9. The van der Waals surface area contributed by atoms with Crippen molar-refractivity contribution in [1.29, 1.82) is 0 Å². The zero-order valence-corrected chi connectivity index (χ0v) is 13.1. The zero-order chi connectivity index (χ0) is 13.1. The molecule has 0 spiro atoms. The van der Waals surface area contributed by atoms with Gasteiger partial charge in [-0.25, -0.2) is 0 Å². The second kappa shape index (κ2) is 6.14. The second-order valence-electron chi connectivity index (χ2n) is 3.05. The van der Waals surface area contributed by atoms with Gasteiger partial charge >= 0.3 is 114 Å². The van der Waals surface area contributed by atoms with Gasteiger partial charge in [0.1, 0.15) is 0 Å². The average molecular weight is 385 g/mol. The van der Waals surface area contributed by atoms with Crippen LogP contribution in [-0.2, 0) is 23.5 Å². The molecule has 0 amide bonds. The minimum absolute atomic E-state index is 0.480. The van der Waals surface area contributed by atoms with E-state index in [0.717, 1.165) is 10.6 Å². The Morgan fingerprint density at radius 2 is 1.82 bits per heavy atom. The molecule has 0 aromatic heterocycles. The van der Waals surface area contributed by atoms with Gasteiger partial charge in [-0.2, -0.15) is 0 Å². The monoisotopic (exact) mass is 385 g/mol. The maximum atomic E-state index is 11.6. The van der Waals surface area contributed by atoms with Crippen LogP contribution in [0.3, 0.4) is 0 Å². The number of hydrogen-bond acceptors (Lipinski definition) is 3. The van der Waals surface area contributed by atoms with Crippen LogP contribution in [0, 0.1) is 0 Å². The molecule has 0 bridgehead atoms. The van der Waals surface area contributed by atoms with Crippen LogP contribution in [0.4, 0.5) is 5.69 Å². The molecule has 0 aliphatic heterocycles. The van der Waals surface area contributed by atoms with Crippen LogP contribution in [0.5, 0.6) is 5.75 Å². The fourth-order valence-corrected chi connectivity index (χ4v) is 5.05. The van der Waals surface area contributed by atoms with E-state index in [0.29, 0.717) is 11.4 Å². The standard InChI is InChI=1S/C9H11NO3S.2ClH.Ru/c1-10(14(3,11)12)8-4-6-9(13-2)7-5-8;;;/h1,4-7H,2-3H3;2*1H;/q;;;+2/p-2. The van der Waals surface area contributed by atoms with Crippen molar-refractivity contribution in [3.05, 3.63) is 24.3 Å². The zero-order valence-electron chi connectivity index (χ0n) is 9.08. The molecular formula is C9H11Cl2NO3RuS. The van der Waals surface area contributed by atoms with Crippen molar-refractivity contribution in [1.82, 2.24) is 0 Å². The normalized spacial score (nSPS) is 11.9. The summed E-state index contributed by atoms with van der Waals surface area (Å²) in [6.45, 7) is 0. The predicted molar refractivity (Wildman–Crippen MR) is 68.1 cm³/mol. The van der Waals surface area contributed by atoms with Gasteiger partial charge in [0.05, 0.1) is 0 Å². The first-order chi connectivity index (χ1) is 7.84. The summed E-state index contributed by atoms with van der Waals surface area (Å²) < 4.78 is 30.6. The number of sulfonamides is 1. The molecule has 0 aliphatic rings. The SMILES string of the molecule is COc1ccc(N([CH]=[Ru]([Cl])[Cl])S(C)(=O)=O)cc1. The van der Waals surface area contributed by atoms with Gasteiger partial charge < -0.3 is 0 Å². The Labute approximate surface area is 114 Å². The molecule has 0 aliphatic carbocycles. The molecule has 0 saturated carbocycles. The average Bonchev–Trinajstić information content (AvgIpc) is 2.24. The molecule has 1 rings (SSSR count). The van der Waals surface area contributed by atoms with Crippen molar-refractivity contribution in [3.8, 4) is 5.75 Å². The summed E-state index contributed by atoms with van der Waals surface area (Å²) in [5, 5.41) is 0. The molecule has 0 unspecified atom stereocenters. The molecule has 8 heteroatoms. The summed E-state index contributed by atoms with van der Waals surface area (Å²) in [6, 6.07) is 6.59. The van der Waals surface area contributed by atoms with E-state index in [1.807, 2.05) is 0 Å². The van der Waals surface area contributed by atoms with Gasteiger partial charge in [-0.1, -0.05) is 0 Å².